The van der Waals surface area contributed by atoms with E-state index in [1.54, 1.807) is 0 Å². The van der Waals surface area contributed by atoms with Crippen LogP contribution in [0, 0.1) is 22.7 Å². The molecule has 1 heterocycles. The lowest BCUT2D eigenvalue weighted by atomic mass is 9.95. The maximum absolute atomic E-state index is 3.84. The number of rotatable bonds is 3. The summed E-state index contributed by atoms with van der Waals surface area (Å²) in [5, 5.41) is 3.84. The molecular formula is C17H32N2. The highest BCUT2D eigenvalue weighted by Crippen LogP contribution is 2.68. The minimum atomic E-state index is 0.389. The molecule has 1 unspecified atom stereocenters. The van der Waals surface area contributed by atoms with E-state index in [-0.39, 0.29) is 0 Å². The molecule has 0 radical (unpaired) electrons. The molecule has 1 saturated heterocycles. The molecule has 3 fully saturated rings. The van der Waals surface area contributed by atoms with Gasteiger partial charge in [-0.2, -0.15) is 0 Å². The van der Waals surface area contributed by atoms with Crippen LogP contribution in [0.5, 0.6) is 0 Å². The van der Waals surface area contributed by atoms with Crippen molar-refractivity contribution in [3.8, 4) is 0 Å². The smallest absolute Gasteiger partial charge is 0.0308 e. The maximum atomic E-state index is 3.84. The summed E-state index contributed by atoms with van der Waals surface area (Å²) < 4.78 is 0. The van der Waals surface area contributed by atoms with Crippen LogP contribution in [0.4, 0.5) is 0 Å². The van der Waals surface area contributed by atoms with Gasteiger partial charge in [0.15, 0.2) is 0 Å². The second kappa shape index (κ2) is 4.21. The summed E-state index contributed by atoms with van der Waals surface area (Å²) in [6.07, 6.45) is 4.20. The van der Waals surface area contributed by atoms with Crippen molar-refractivity contribution in [1.29, 1.82) is 0 Å². The van der Waals surface area contributed by atoms with Crippen molar-refractivity contribution in [3.05, 3.63) is 0 Å². The standard InChI is InChI=1S/C17H32N2/c1-15(2)14(16(15,3)4)11-19-10-6-9-18-17(5,12-19)13-7-8-13/h13-14,18H,6-12H2,1-5H3. The molecule has 1 N–H and O–H groups in total. The zero-order valence-corrected chi connectivity index (χ0v) is 13.6. The maximum Gasteiger partial charge on any atom is 0.0308 e. The molecule has 2 nitrogen and oxygen atoms in total. The monoisotopic (exact) mass is 264 g/mol. The highest BCUT2D eigenvalue weighted by molar-refractivity contribution is 5.13. The molecule has 0 aromatic carbocycles. The van der Waals surface area contributed by atoms with Crippen molar-refractivity contribution in [2.45, 2.75) is 59.4 Å². The SMILES string of the molecule is CC1(C2CC2)CN(CC2C(C)(C)C2(C)C)CCCN1. The van der Waals surface area contributed by atoms with E-state index < -0.39 is 0 Å². The van der Waals surface area contributed by atoms with E-state index >= 15 is 0 Å². The third-order valence-electron chi connectivity index (χ3n) is 6.97. The lowest BCUT2D eigenvalue weighted by Gasteiger charge is -2.34. The minimum absolute atomic E-state index is 0.389. The van der Waals surface area contributed by atoms with Gasteiger partial charge in [0.05, 0.1) is 0 Å². The van der Waals surface area contributed by atoms with Gasteiger partial charge >= 0.3 is 0 Å². The van der Waals surface area contributed by atoms with E-state index in [1.165, 1.54) is 45.4 Å². The Labute approximate surface area is 119 Å². The summed E-state index contributed by atoms with van der Waals surface area (Å²) in [6.45, 7) is 17.3. The lowest BCUT2D eigenvalue weighted by Crippen LogP contribution is -2.51. The van der Waals surface area contributed by atoms with Gasteiger partial charge in [-0.15, -0.1) is 0 Å². The van der Waals surface area contributed by atoms with E-state index in [0.29, 0.717) is 16.4 Å². The Morgan fingerprint density at radius 2 is 1.68 bits per heavy atom. The highest BCUT2D eigenvalue weighted by atomic mass is 15.2. The van der Waals surface area contributed by atoms with Gasteiger partial charge < -0.3 is 10.2 Å². The molecule has 2 aliphatic carbocycles. The van der Waals surface area contributed by atoms with Crippen LogP contribution in [0.1, 0.15) is 53.9 Å². The molecule has 0 bridgehead atoms. The molecule has 19 heavy (non-hydrogen) atoms. The molecule has 0 aromatic heterocycles. The van der Waals surface area contributed by atoms with E-state index in [4.69, 9.17) is 0 Å². The van der Waals surface area contributed by atoms with Gasteiger partial charge in [0.25, 0.3) is 0 Å². The number of hydrogen-bond acceptors (Lipinski definition) is 2. The molecule has 1 atom stereocenters. The Kier molecular flexibility index (Phi) is 3.07. The lowest BCUT2D eigenvalue weighted by molar-refractivity contribution is 0.186. The Hall–Kier alpha value is -0.0800. The van der Waals surface area contributed by atoms with Gasteiger partial charge in [-0.25, -0.2) is 0 Å². The van der Waals surface area contributed by atoms with Crippen LogP contribution in [0.2, 0.25) is 0 Å². The fourth-order valence-corrected chi connectivity index (χ4v) is 4.47. The fourth-order valence-electron chi connectivity index (χ4n) is 4.47. The summed E-state index contributed by atoms with van der Waals surface area (Å²) >= 11 is 0. The van der Waals surface area contributed by atoms with Crippen molar-refractivity contribution in [1.82, 2.24) is 10.2 Å². The average Bonchev–Trinajstić information content (AvgIpc) is 3.17. The first-order chi connectivity index (χ1) is 8.77. The Morgan fingerprint density at radius 3 is 2.21 bits per heavy atom. The molecular weight excluding hydrogens is 232 g/mol. The van der Waals surface area contributed by atoms with Gasteiger partial charge in [0, 0.05) is 18.6 Å². The Morgan fingerprint density at radius 1 is 1.05 bits per heavy atom. The summed E-state index contributed by atoms with van der Waals surface area (Å²) in [5.74, 6) is 1.81. The van der Waals surface area contributed by atoms with Crippen LogP contribution < -0.4 is 5.32 Å². The van der Waals surface area contributed by atoms with Gasteiger partial charge in [-0.1, -0.05) is 27.7 Å². The third kappa shape index (κ3) is 2.25. The second-order valence-electron chi connectivity index (χ2n) is 8.70. The topological polar surface area (TPSA) is 15.3 Å². The molecule has 0 aromatic rings. The van der Waals surface area contributed by atoms with Crippen molar-refractivity contribution in [2.75, 3.05) is 26.2 Å². The van der Waals surface area contributed by atoms with Crippen LogP contribution in [-0.2, 0) is 0 Å². The van der Waals surface area contributed by atoms with E-state index in [1.807, 2.05) is 0 Å². The van der Waals surface area contributed by atoms with E-state index in [2.05, 4.69) is 44.8 Å². The zero-order valence-electron chi connectivity index (χ0n) is 13.6. The first kappa shape index (κ1) is 13.9. The number of nitrogens with one attached hydrogen (secondary N) is 1. The molecule has 110 valence electrons. The molecule has 0 spiro atoms. The number of hydrogen-bond donors (Lipinski definition) is 1. The summed E-state index contributed by atoms with van der Waals surface area (Å²) in [7, 11) is 0. The van der Waals surface area contributed by atoms with E-state index in [0.717, 1.165) is 11.8 Å². The van der Waals surface area contributed by atoms with Gasteiger partial charge in [-0.3, -0.25) is 0 Å². The molecule has 3 aliphatic rings. The molecule has 3 rings (SSSR count). The predicted octanol–water partition coefficient (Wildman–Crippen LogP) is 3.13. The van der Waals surface area contributed by atoms with Crippen molar-refractivity contribution in [2.24, 2.45) is 22.7 Å². The Balaban J connectivity index is 1.64. The highest BCUT2D eigenvalue weighted by Gasteiger charge is 2.64. The second-order valence-corrected chi connectivity index (χ2v) is 8.70. The zero-order chi connectivity index (χ0) is 13.9. The van der Waals surface area contributed by atoms with Crippen LogP contribution in [-0.4, -0.2) is 36.6 Å². The first-order valence-corrected chi connectivity index (χ1v) is 8.25. The third-order valence-corrected chi connectivity index (χ3v) is 6.97. The van der Waals surface area contributed by atoms with Crippen molar-refractivity contribution < 1.29 is 0 Å². The van der Waals surface area contributed by atoms with Crippen molar-refractivity contribution >= 4 is 0 Å². The predicted molar refractivity (Wildman–Crippen MR) is 81.2 cm³/mol. The normalized spacial score (nSPS) is 39.0. The number of nitrogens with zero attached hydrogens (tertiary/aromatic N) is 1. The summed E-state index contributed by atoms with van der Waals surface area (Å²) in [6, 6.07) is 0. The van der Waals surface area contributed by atoms with Gasteiger partial charge in [0.1, 0.15) is 0 Å². The average molecular weight is 264 g/mol. The minimum Gasteiger partial charge on any atom is -0.310 e. The molecule has 2 saturated carbocycles. The Bertz CT molecular complexity index is 342. The van der Waals surface area contributed by atoms with Crippen LogP contribution in [0.3, 0.4) is 0 Å². The summed E-state index contributed by atoms with van der Waals surface area (Å²) in [5.41, 5.74) is 1.45. The van der Waals surface area contributed by atoms with Crippen LogP contribution in [0.15, 0.2) is 0 Å². The quantitative estimate of drug-likeness (QED) is 0.842. The summed E-state index contributed by atoms with van der Waals surface area (Å²) in [4.78, 5) is 2.76. The van der Waals surface area contributed by atoms with Crippen LogP contribution >= 0.6 is 0 Å². The van der Waals surface area contributed by atoms with E-state index in [9.17, 15) is 0 Å². The molecule has 2 heteroatoms. The molecule has 0 amide bonds. The van der Waals surface area contributed by atoms with Gasteiger partial charge in [0.2, 0.25) is 0 Å². The van der Waals surface area contributed by atoms with Crippen molar-refractivity contribution in [3.63, 3.8) is 0 Å². The molecule has 1 aliphatic heterocycles. The first-order valence-electron chi connectivity index (χ1n) is 8.25. The van der Waals surface area contributed by atoms with Gasteiger partial charge in [-0.05, 0) is 61.9 Å². The van der Waals surface area contributed by atoms with Crippen LogP contribution in [0.25, 0.3) is 0 Å². The largest absolute Gasteiger partial charge is 0.310 e. The fraction of sp³-hybridized carbons (Fsp3) is 1.00.